The van der Waals surface area contributed by atoms with Gasteiger partial charge in [0.25, 0.3) is 0 Å². The lowest BCUT2D eigenvalue weighted by atomic mass is 10.1. The molecule has 3 N–H and O–H groups in total. The number of anilines is 2. The molecular weight excluding hydrogens is 265 g/mol. The number of nitrogens with two attached hydrogens (primary N) is 1. The van der Waals surface area contributed by atoms with E-state index >= 15 is 0 Å². The number of hydrogen-bond acceptors (Lipinski definition) is 5. The number of methoxy groups -OCH3 is 1. The molecule has 1 amide bonds. The van der Waals surface area contributed by atoms with Crippen molar-refractivity contribution in [1.29, 1.82) is 0 Å². The summed E-state index contributed by atoms with van der Waals surface area (Å²) < 4.78 is 18.4. The fourth-order valence-corrected chi connectivity index (χ4v) is 2.13. The van der Waals surface area contributed by atoms with Gasteiger partial charge in [0.2, 0.25) is 5.91 Å². The number of esters is 1. The number of likely N-dealkylation sites (tertiary alicyclic amines) is 1. The van der Waals surface area contributed by atoms with Gasteiger partial charge in [0.05, 0.1) is 18.4 Å². The summed E-state index contributed by atoms with van der Waals surface area (Å²) in [6, 6.07) is 1.81. The fourth-order valence-electron chi connectivity index (χ4n) is 2.13. The van der Waals surface area contributed by atoms with Gasteiger partial charge >= 0.3 is 5.97 Å². The highest BCUT2D eigenvalue weighted by molar-refractivity contribution is 5.96. The molecule has 1 unspecified atom stereocenters. The van der Waals surface area contributed by atoms with E-state index in [1.54, 1.807) is 11.9 Å². The number of nitrogens with zero attached hydrogens (tertiary/aromatic N) is 1. The van der Waals surface area contributed by atoms with Gasteiger partial charge in [0.15, 0.2) is 0 Å². The zero-order valence-electron chi connectivity index (χ0n) is 11.3. The molecule has 0 radical (unpaired) electrons. The van der Waals surface area contributed by atoms with Crippen LogP contribution >= 0.6 is 0 Å². The van der Waals surface area contributed by atoms with Gasteiger partial charge < -0.3 is 20.7 Å². The largest absolute Gasteiger partial charge is 0.465 e. The maximum absolute atomic E-state index is 13.9. The number of benzene rings is 1. The molecule has 0 aromatic heterocycles. The van der Waals surface area contributed by atoms with Gasteiger partial charge in [-0.2, -0.15) is 0 Å². The molecule has 0 spiro atoms. The van der Waals surface area contributed by atoms with E-state index in [1.165, 1.54) is 13.2 Å². The molecule has 1 aromatic rings. The Morgan fingerprint density at radius 1 is 1.55 bits per heavy atom. The van der Waals surface area contributed by atoms with Crippen LogP contribution in [-0.2, 0) is 9.53 Å². The third-order valence-corrected chi connectivity index (χ3v) is 3.30. The van der Waals surface area contributed by atoms with Gasteiger partial charge in [-0.25, -0.2) is 9.18 Å². The van der Waals surface area contributed by atoms with Crippen molar-refractivity contribution >= 4 is 23.3 Å². The molecule has 0 saturated carbocycles. The van der Waals surface area contributed by atoms with E-state index in [0.717, 1.165) is 6.07 Å². The van der Waals surface area contributed by atoms with Crippen LogP contribution in [0, 0.1) is 5.82 Å². The van der Waals surface area contributed by atoms with Gasteiger partial charge in [0.1, 0.15) is 11.9 Å². The summed E-state index contributed by atoms with van der Waals surface area (Å²) in [5.41, 5.74) is 5.70. The summed E-state index contributed by atoms with van der Waals surface area (Å²) in [6.45, 7) is 0.608. The molecule has 0 bridgehead atoms. The van der Waals surface area contributed by atoms with Crippen LogP contribution in [0.2, 0.25) is 0 Å². The van der Waals surface area contributed by atoms with E-state index in [-0.39, 0.29) is 22.8 Å². The number of halogens is 1. The molecule has 1 heterocycles. The number of rotatable bonds is 3. The molecule has 7 heteroatoms. The summed E-state index contributed by atoms with van der Waals surface area (Å²) in [4.78, 5) is 24.9. The standard InChI is InChI=1S/C13H16FN3O3/c1-17-4-3-10(12(17)18)16-11-5-7(13(19)20-2)9(15)6-8(11)14/h5-6,10,16H,3-4,15H2,1-2H3. The molecule has 0 aliphatic carbocycles. The van der Waals surface area contributed by atoms with Crippen LogP contribution in [0.3, 0.4) is 0 Å². The molecule has 1 aliphatic rings. The van der Waals surface area contributed by atoms with Crippen molar-refractivity contribution in [3.8, 4) is 0 Å². The Bertz CT molecular complexity index is 562. The second kappa shape index (κ2) is 5.36. The number of nitrogen functional groups attached to an aromatic ring is 1. The van der Waals surface area contributed by atoms with E-state index in [2.05, 4.69) is 10.1 Å². The summed E-state index contributed by atoms with van der Waals surface area (Å²) in [6.07, 6.45) is 0.576. The topological polar surface area (TPSA) is 84.7 Å². The van der Waals surface area contributed by atoms with Crippen LogP contribution in [0.1, 0.15) is 16.8 Å². The predicted molar refractivity (Wildman–Crippen MR) is 71.8 cm³/mol. The van der Waals surface area contributed by atoms with Gasteiger partial charge in [-0.3, -0.25) is 4.79 Å². The zero-order chi connectivity index (χ0) is 14.9. The van der Waals surface area contributed by atoms with Crippen molar-refractivity contribution in [2.45, 2.75) is 12.5 Å². The van der Waals surface area contributed by atoms with Crippen molar-refractivity contribution in [1.82, 2.24) is 4.90 Å². The van der Waals surface area contributed by atoms with E-state index in [4.69, 9.17) is 5.73 Å². The van der Waals surface area contributed by atoms with Crippen molar-refractivity contribution in [2.24, 2.45) is 0 Å². The molecule has 6 nitrogen and oxygen atoms in total. The normalized spacial score (nSPS) is 18.2. The molecule has 1 saturated heterocycles. The molecule has 1 fully saturated rings. The number of nitrogens with one attached hydrogen (secondary N) is 1. The number of ether oxygens (including phenoxy) is 1. The molecule has 20 heavy (non-hydrogen) atoms. The summed E-state index contributed by atoms with van der Waals surface area (Å²) in [5, 5.41) is 2.81. The Hall–Kier alpha value is -2.31. The second-order valence-corrected chi connectivity index (χ2v) is 4.66. The lowest BCUT2D eigenvalue weighted by Gasteiger charge is -2.15. The van der Waals surface area contributed by atoms with E-state index in [1.807, 2.05) is 0 Å². The third kappa shape index (κ3) is 2.52. The molecule has 108 valence electrons. The van der Waals surface area contributed by atoms with E-state index < -0.39 is 17.8 Å². The van der Waals surface area contributed by atoms with Crippen molar-refractivity contribution in [3.05, 3.63) is 23.5 Å². The van der Waals surface area contributed by atoms with Crippen LogP contribution in [-0.4, -0.2) is 43.5 Å². The molecular formula is C13H16FN3O3. The minimum absolute atomic E-state index is 0.00485. The number of carbonyl (C=O) groups excluding carboxylic acids is 2. The van der Waals surface area contributed by atoms with Crippen molar-refractivity contribution < 1.29 is 18.7 Å². The number of carbonyl (C=O) groups is 2. The van der Waals surface area contributed by atoms with E-state index in [9.17, 15) is 14.0 Å². The highest BCUT2D eigenvalue weighted by Crippen LogP contribution is 2.25. The Balaban J connectivity index is 2.28. The average Bonchev–Trinajstić information content (AvgIpc) is 2.72. The SMILES string of the molecule is COC(=O)c1cc(NC2CCN(C)C2=O)c(F)cc1N. The molecule has 2 rings (SSSR count). The summed E-state index contributed by atoms with van der Waals surface area (Å²) >= 11 is 0. The summed E-state index contributed by atoms with van der Waals surface area (Å²) in [5.74, 6) is -1.38. The molecule has 1 atom stereocenters. The molecule has 1 aliphatic heterocycles. The third-order valence-electron chi connectivity index (χ3n) is 3.30. The van der Waals surface area contributed by atoms with Gasteiger partial charge in [0, 0.05) is 19.3 Å². The van der Waals surface area contributed by atoms with Crippen LogP contribution in [0.5, 0.6) is 0 Å². The monoisotopic (exact) mass is 281 g/mol. The smallest absolute Gasteiger partial charge is 0.340 e. The first-order valence-electron chi connectivity index (χ1n) is 6.13. The first-order valence-corrected chi connectivity index (χ1v) is 6.13. The van der Waals surface area contributed by atoms with Crippen molar-refractivity contribution in [2.75, 3.05) is 31.8 Å². The number of likely N-dealkylation sites (N-methyl/N-ethyl adjacent to an activating group) is 1. The second-order valence-electron chi connectivity index (χ2n) is 4.66. The highest BCUT2D eigenvalue weighted by Gasteiger charge is 2.29. The maximum atomic E-state index is 13.9. The lowest BCUT2D eigenvalue weighted by Crippen LogP contribution is -2.31. The summed E-state index contributed by atoms with van der Waals surface area (Å²) in [7, 11) is 2.90. The minimum Gasteiger partial charge on any atom is -0.465 e. The quantitative estimate of drug-likeness (QED) is 0.633. The van der Waals surface area contributed by atoms with Gasteiger partial charge in [-0.05, 0) is 18.6 Å². The first kappa shape index (κ1) is 14.1. The van der Waals surface area contributed by atoms with Crippen LogP contribution < -0.4 is 11.1 Å². The minimum atomic E-state index is -0.652. The zero-order valence-corrected chi connectivity index (χ0v) is 11.3. The number of amides is 1. The van der Waals surface area contributed by atoms with Crippen LogP contribution in [0.15, 0.2) is 12.1 Å². The Morgan fingerprint density at radius 3 is 2.80 bits per heavy atom. The Labute approximate surface area is 115 Å². The van der Waals surface area contributed by atoms with Crippen LogP contribution in [0.4, 0.5) is 15.8 Å². The molecule has 1 aromatic carbocycles. The fraction of sp³-hybridized carbons (Fsp3) is 0.385. The Kier molecular flexibility index (Phi) is 3.78. The number of hydrogen-bond donors (Lipinski definition) is 2. The van der Waals surface area contributed by atoms with Crippen LogP contribution in [0.25, 0.3) is 0 Å². The Morgan fingerprint density at radius 2 is 2.25 bits per heavy atom. The average molecular weight is 281 g/mol. The van der Waals surface area contributed by atoms with Gasteiger partial charge in [-0.1, -0.05) is 0 Å². The van der Waals surface area contributed by atoms with E-state index in [0.29, 0.717) is 13.0 Å². The maximum Gasteiger partial charge on any atom is 0.340 e. The highest BCUT2D eigenvalue weighted by atomic mass is 19.1. The first-order chi connectivity index (χ1) is 9.43. The predicted octanol–water partition coefficient (Wildman–Crippen LogP) is 0.837. The lowest BCUT2D eigenvalue weighted by molar-refractivity contribution is -0.127. The van der Waals surface area contributed by atoms with Gasteiger partial charge in [-0.15, -0.1) is 0 Å². The van der Waals surface area contributed by atoms with Crippen molar-refractivity contribution in [3.63, 3.8) is 0 Å².